The predicted octanol–water partition coefficient (Wildman–Crippen LogP) is 3.81. The summed E-state index contributed by atoms with van der Waals surface area (Å²) >= 11 is 0. The molecule has 0 aliphatic rings. The van der Waals surface area contributed by atoms with Crippen LogP contribution in [0.4, 0.5) is 4.79 Å². The summed E-state index contributed by atoms with van der Waals surface area (Å²) in [6.07, 6.45) is 0.129. The number of carbonyl (C=O) groups is 3. The van der Waals surface area contributed by atoms with Crippen molar-refractivity contribution in [2.24, 2.45) is 0 Å². The highest BCUT2D eigenvalue weighted by Crippen LogP contribution is 2.16. The predicted molar refractivity (Wildman–Crippen MR) is 128 cm³/mol. The van der Waals surface area contributed by atoms with Crippen LogP contribution in [-0.2, 0) is 34.0 Å². The quantitative estimate of drug-likeness (QED) is 0.425. The molecule has 3 rings (SSSR count). The maximum atomic E-state index is 12.7. The number of ether oxygens (including phenoxy) is 2. The molecule has 3 aromatic rings. The molecule has 0 bridgehead atoms. The van der Waals surface area contributed by atoms with Gasteiger partial charge in [-0.1, -0.05) is 72.8 Å². The molecule has 2 N–H and O–H groups in total. The van der Waals surface area contributed by atoms with E-state index in [1.165, 1.54) is 0 Å². The zero-order valence-electron chi connectivity index (χ0n) is 19.0. The van der Waals surface area contributed by atoms with E-state index in [4.69, 9.17) is 9.47 Å². The van der Waals surface area contributed by atoms with E-state index in [0.717, 1.165) is 16.7 Å². The molecular formula is C27H28N2O5. The molecule has 0 saturated carbocycles. The number of nitrogens with one attached hydrogen (secondary N) is 2. The minimum Gasteiger partial charge on any atom is -0.489 e. The van der Waals surface area contributed by atoms with Gasteiger partial charge in [-0.25, -0.2) is 4.79 Å². The van der Waals surface area contributed by atoms with E-state index in [1.54, 1.807) is 6.92 Å². The Kier molecular flexibility index (Phi) is 9.22. The van der Waals surface area contributed by atoms with Gasteiger partial charge in [-0.05, 0) is 35.7 Å². The van der Waals surface area contributed by atoms with Gasteiger partial charge in [-0.3, -0.25) is 4.79 Å². The molecule has 0 saturated heterocycles. The molecule has 0 aliphatic heterocycles. The number of carbonyl (C=O) groups excluding carboxylic acids is 3. The van der Waals surface area contributed by atoms with Gasteiger partial charge in [-0.2, -0.15) is 0 Å². The van der Waals surface area contributed by atoms with Gasteiger partial charge in [-0.15, -0.1) is 0 Å². The normalized spacial score (nSPS) is 12.1. The zero-order valence-corrected chi connectivity index (χ0v) is 19.0. The SMILES string of the molecule is C[C@H](C=O)NC(=O)[C@H](Cc1ccc(OCc2ccccc2)cc1)NC(=O)OCc1ccccc1. The molecule has 0 radical (unpaired) electrons. The summed E-state index contributed by atoms with van der Waals surface area (Å²) in [7, 11) is 0. The van der Waals surface area contributed by atoms with Gasteiger partial charge in [0.2, 0.25) is 5.91 Å². The number of rotatable bonds is 11. The van der Waals surface area contributed by atoms with Gasteiger partial charge in [0, 0.05) is 6.42 Å². The van der Waals surface area contributed by atoms with Crippen LogP contribution in [0.15, 0.2) is 84.9 Å². The van der Waals surface area contributed by atoms with Crippen LogP contribution >= 0.6 is 0 Å². The van der Waals surface area contributed by atoms with Crippen molar-refractivity contribution in [1.82, 2.24) is 10.6 Å². The van der Waals surface area contributed by atoms with Crippen LogP contribution in [0.2, 0.25) is 0 Å². The topological polar surface area (TPSA) is 93.7 Å². The van der Waals surface area contributed by atoms with E-state index < -0.39 is 24.1 Å². The molecule has 7 nitrogen and oxygen atoms in total. The van der Waals surface area contributed by atoms with Crippen molar-refractivity contribution in [3.8, 4) is 5.75 Å². The average Bonchev–Trinajstić information content (AvgIpc) is 2.87. The van der Waals surface area contributed by atoms with Crippen LogP contribution in [0.3, 0.4) is 0 Å². The first-order valence-corrected chi connectivity index (χ1v) is 11.0. The summed E-state index contributed by atoms with van der Waals surface area (Å²) < 4.78 is 11.0. The van der Waals surface area contributed by atoms with Crippen molar-refractivity contribution >= 4 is 18.3 Å². The summed E-state index contributed by atoms with van der Waals surface area (Å²) in [6, 6.07) is 24.8. The van der Waals surface area contributed by atoms with Crippen LogP contribution in [-0.4, -0.2) is 30.4 Å². The minimum atomic E-state index is -0.915. The molecule has 176 valence electrons. The number of aldehydes is 1. The molecule has 0 aliphatic carbocycles. The molecule has 0 spiro atoms. The van der Waals surface area contributed by atoms with Crippen molar-refractivity contribution < 1.29 is 23.9 Å². The van der Waals surface area contributed by atoms with Crippen molar-refractivity contribution in [3.05, 3.63) is 102 Å². The summed E-state index contributed by atoms with van der Waals surface area (Å²) in [5.74, 6) is 0.221. The molecule has 0 heterocycles. The lowest BCUT2D eigenvalue weighted by Gasteiger charge is -2.20. The fourth-order valence-electron chi connectivity index (χ4n) is 3.17. The van der Waals surface area contributed by atoms with Crippen molar-refractivity contribution in [2.75, 3.05) is 0 Å². The first-order chi connectivity index (χ1) is 16.5. The molecule has 0 unspecified atom stereocenters. The first kappa shape index (κ1) is 24.5. The van der Waals surface area contributed by atoms with Gasteiger partial charge >= 0.3 is 6.09 Å². The van der Waals surface area contributed by atoms with Crippen molar-refractivity contribution in [3.63, 3.8) is 0 Å². The average molecular weight is 461 g/mol. The minimum absolute atomic E-state index is 0.0825. The van der Waals surface area contributed by atoms with E-state index in [9.17, 15) is 14.4 Å². The third kappa shape index (κ3) is 8.09. The molecule has 7 heteroatoms. The van der Waals surface area contributed by atoms with Crippen LogP contribution in [0.25, 0.3) is 0 Å². The first-order valence-electron chi connectivity index (χ1n) is 11.0. The Morgan fingerprint density at radius 2 is 1.38 bits per heavy atom. The maximum absolute atomic E-state index is 12.7. The van der Waals surface area contributed by atoms with Gasteiger partial charge < -0.3 is 24.9 Å². The van der Waals surface area contributed by atoms with E-state index in [-0.39, 0.29) is 13.0 Å². The molecule has 3 aromatic carbocycles. The van der Waals surface area contributed by atoms with Gasteiger partial charge in [0.05, 0.1) is 6.04 Å². The summed E-state index contributed by atoms with van der Waals surface area (Å²) in [4.78, 5) is 36.0. The lowest BCUT2D eigenvalue weighted by molar-refractivity contribution is -0.125. The highest BCUT2D eigenvalue weighted by molar-refractivity contribution is 5.87. The smallest absolute Gasteiger partial charge is 0.408 e. The Balaban J connectivity index is 1.60. The van der Waals surface area contributed by atoms with Gasteiger partial charge in [0.15, 0.2) is 0 Å². The largest absolute Gasteiger partial charge is 0.489 e. The van der Waals surface area contributed by atoms with Crippen molar-refractivity contribution in [2.45, 2.75) is 38.6 Å². The Bertz CT molecular complexity index is 1060. The summed E-state index contributed by atoms with van der Waals surface area (Å²) in [6.45, 7) is 2.09. The Morgan fingerprint density at radius 3 is 1.97 bits per heavy atom. The second-order valence-electron chi connectivity index (χ2n) is 7.81. The summed E-state index contributed by atoms with van der Waals surface area (Å²) in [5.41, 5.74) is 2.71. The molecule has 2 atom stereocenters. The fraction of sp³-hybridized carbons (Fsp3) is 0.222. The van der Waals surface area contributed by atoms with Gasteiger partial charge in [0.1, 0.15) is 31.3 Å². The lowest BCUT2D eigenvalue weighted by Crippen LogP contribution is -2.50. The van der Waals surface area contributed by atoms with Crippen LogP contribution < -0.4 is 15.4 Å². The van der Waals surface area contributed by atoms with Crippen LogP contribution in [0.1, 0.15) is 23.6 Å². The van der Waals surface area contributed by atoms with Crippen LogP contribution in [0, 0.1) is 0 Å². The van der Waals surface area contributed by atoms with Crippen molar-refractivity contribution in [1.29, 1.82) is 0 Å². The number of hydrogen-bond donors (Lipinski definition) is 2. The highest BCUT2D eigenvalue weighted by atomic mass is 16.5. The number of hydrogen-bond acceptors (Lipinski definition) is 5. The van der Waals surface area contributed by atoms with E-state index in [2.05, 4.69) is 10.6 Å². The maximum Gasteiger partial charge on any atom is 0.408 e. The Labute approximate surface area is 199 Å². The van der Waals surface area contributed by atoms with Crippen LogP contribution in [0.5, 0.6) is 5.75 Å². The standard InChI is InChI=1S/C27H28N2O5/c1-20(17-30)28-26(31)25(29-27(32)34-19-23-10-6-3-7-11-23)16-21-12-14-24(15-13-21)33-18-22-8-4-2-5-9-22/h2-15,17,20,25H,16,18-19H2,1H3,(H,28,31)(H,29,32)/t20-,25+/m1/s1. The van der Waals surface area contributed by atoms with E-state index in [1.807, 2.05) is 84.9 Å². The van der Waals surface area contributed by atoms with Gasteiger partial charge in [0.25, 0.3) is 0 Å². The summed E-state index contributed by atoms with van der Waals surface area (Å²) in [5, 5.41) is 5.18. The third-order valence-electron chi connectivity index (χ3n) is 5.01. The lowest BCUT2D eigenvalue weighted by atomic mass is 10.0. The molecule has 0 fully saturated rings. The van der Waals surface area contributed by atoms with E-state index in [0.29, 0.717) is 18.6 Å². The second kappa shape index (κ2) is 12.8. The molecule has 0 aromatic heterocycles. The number of benzene rings is 3. The fourth-order valence-corrected chi connectivity index (χ4v) is 3.17. The highest BCUT2D eigenvalue weighted by Gasteiger charge is 2.23. The molecule has 34 heavy (non-hydrogen) atoms. The zero-order chi connectivity index (χ0) is 24.2. The van der Waals surface area contributed by atoms with E-state index >= 15 is 0 Å². The number of amides is 2. The number of alkyl carbamates (subject to hydrolysis) is 1. The second-order valence-corrected chi connectivity index (χ2v) is 7.81. The molecular weight excluding hydrogens is 432 g/mol. The monoisotopic (exact) mass is 460 g/mol. The third-order valence-corrected chi connectivity index (χ3v) is 5.01. The Morgan fingerprint density at radius 1 is 0.794 bits per heavy atom. The Hall–Kier alpha value is -4.13. The molecule has 2 amide bonds.